The molecule has 0 atom stereocenters. The molecule has 1 aromatic heterocycles. The Kier molecular flexibility index (Phi) is 4.69. The molecule has 3 rings (SSSR count). The molecule has 1 saturated carbocycles. The van der Waals surface area contributed by atoms with Gasteiger partial charge in [0.2, 0.25) is 5.91 Å². The van der Waals surface area contributed by atoms with E-state index in [1.165, 1.54) is 6.42 Å². The van der Waals surface area contributed by atoms with Gasteiger partial charge in [0.05, 0.1) is 0 Å². The second-order valence-electron chi connectivity index (χ2n) is 8.25. The van der Waals surface area contributed by atoms with E-state index in [2.05, 4.69) is 41.7 Å². The molecular weight excluding hydrogens is 286 g/mol. The third-order valence-corrected chi connectivity index (χ3v) is 5.37. The molecule has 2 fully saturated rings. The van der Waals surface area contributed by atoms with E-state index in [9.17, 15) is 4.79 Å². The molecule has 0 bridgehead atoms. The smallest absolute Gasteiger partial charge is 0.225 e. The average molecular weight is 315 g/mol. The molecule has 2 aliphatic rings. The number of amides is 1. The van der Waals surface area contributed by atoms with E-state index in [0.717, 1.165) is 56.6 Å². The lowest BCUT2D eigenvalue weighted by Crippen LogP contribution is -2.43. The highest BCUT2D eigenvalue weighted by Crippen LogP contribution is 2.30. The van der Waals surface area contributed by atoms with E-state index in [0.29, 0.717) is 17.7 Å². The molecular formula is C19H29N3O. The van der Waals surface area contributed by atoms with Gasteiger partial charge in [-0.05, 0) is 44.1 Å². The van der Waals surface area contributed by atoms with Gasteiger partial charge in [-0.25, -0.2) is 9.97 Å². The van der Waals surface area contributed by atoms with Crippen LogP contribution in [0.5, 0.6) is 0 Å². The van der Waals surface area contributed by atoms with Crippen molar-refractivity contribution in [1.29, 1.82) is 0 Å². The summed E-state index contributed by atoms with van der Waals surface area (Å²) in [5.41, 5.74) is 2.32. The highest BCUT2D eigenvalue weighted by Gasteiger charge is 2.31. The standard InChI is InChI=1S/C19H29N3O/c1-19(2,3)17-12-16(20-13-21-17)11-14-7-9-22(10-8-14)18(23)15-5-4-6-15/h12-15H,4-11H2,1-3H3. The molecule has 1 aromatic rings. The molecule has 23 heavy (non-hydrogen) atoms. The zero-order chi connectivity index (χ0) is 16.4. The normalized spacial score (nSPS) is 20.4. The van der Waals surface area contributed by atoms with Crippen molar-refractivity contribution in [2.24, 2.45) is 11.8 Å². The molecule has 0 N–H and O–H groups in total. The third-order valence-electron chi connectivity index (χ3n) is 5.37. The molecule has 0 unspecified atom stereocenters. The van der Waals surface area contributed by atoms with Crippen molar-refractivity contribution in [3.63, 3.8) is 0 Å². The van der Waals surface area contributed by atoms with Crippen LogP contribution in [0.25, 0.3) is 0 Å². The molecule has 2 heterocycles. The van der Waals surface area contributed by atoms with Crippen molar-refractivity contribution >= 4 is 5.91 Å². The molecule has 4 nitrogen and oxygen atoms in total. The Morgan fingerprint density at radius 1 is 1.17 bits per heavy atom. The van der Waals surface area contributed by atoms with Crippen LogP contribution in [-0.2, 0) is 16.6 Å². The number of nitrogens with zero attached hydrogens (tertiary/aromatic N) is 3. The first-order valence-corrected chi connectivity index (χ1v) is 9.03. The minimum Gasteiger partial charge on any atom is -0.342 e. The van der Waals surface area contributed by atoms with Crippen LogP contribution >= 0.6 is 0 Å². The summed E-state index contributed by atoms with van der Waals surface area (Å²) in [6.07, 6.45) is 8.37. The fourth-order valence-corrected chi connectivity index (χ4v) is 3.49. The monoisotopic (exact) mass is 315 g/mol. The highest BCUT2D eigenvalue weighted by molar-refractivity contribution is 5.79. The molecule has 1 aliphatic carbocycles. The second kappa shape index (κ2) is 6.58. The van der Waals surface area contributed by atoms with Crippen LogP contribution in [0.3, 0.4) is 0 Å². The maximum Gasteiger partial charge on any atom is 0.225 e. The molecule has 0 radical (unpaired) electrons. The van der Waals surface area contributed by atoms with Crippen LogP contribution in [0.1, 0.15) is 64.3 Å². The van der Waals surface area contributed by atoms with Crippen LogP contribution in [0.4, 0.5) is 0 Å². The minimum absolute atomic E-state index is 0.0657. The summed E-state index contributed by atoms with van der Waals surface area (Å²) in [7, 11) is 0. The zero-order valence-electron chi connectivity index (χ0n) is 14.7. The lowest BCUT2D eigenvalue weighted by Gasteiger charge is -2.36. The topological polar surface area (TPSA) is 46.1 Å². The number of piperidine rings is 1. The number of carbonyl (C=O) groups excluding carboxylic acids is 1. The first-order chi connectivity index (χ1) is 10.9. The summed E-state index contributed by atoms with van der Waals surface area (Å²) >= 11 is 0. The Bertz CT molecular complexity index is 552. The summed E-state index contributed by atoms with van der Waals surface area (Å²) < 4.78 is 0. The summed E-state index contributed by atoms with van der Waals surface area (Å²) in [4.78, 5) is 23.3. The van der Waals surface area contributed by atoms with Crippen molar-refractivity contribution in [2.75, 3.05) is 13.1 Å². The van der Waals surface area contributed by atoms with Gasteiger partial charge in [-0.1, -0.05) is 27.2 Å². The fourth-order valence-electron chi connectivity index (χ4n) is 3.49. The van der Waals surface area contributed by atoms with Crippen LogP contribution in [-0.4, -0.2) is 33.9 Å². The van der Waals surface area contributed by atoms with Gasteiger partial charge in [0.25, 0.3) is 0 Å². The Labute approximate surface area is 139 Å². The quantitative estimate of drug-likeness (QED) is 0.859. The average Bonchev–Trinajstić information content (AvgIpc) is 2.45. The van der Waals surface area contributed by atoms with E-state index in [1.54, 1.807) is 6.33 Å². The zero-order valence-corrected chi connectivity index (χ0v) is 14.7. The van der Waals surface area contributed by atoms with Crippen molar-refractivity contribution < 1.29 is 4.79 Å². The van der Waals surface area contributed by atoms with Gasteiger partial charge in [0.15, 0.2) is 0 Å². The predicted molar refractivity (Wildman–Crippen MR) is 91.1 cm³/mol. The largest absolute Gasteiger partial charge is 0.342 e. The third kappa shape index (κ3) is 3.91. The number of hydrogen-bond acceptors (Lipinski definition) is 3. The van der Waals surface area contributed by atoms with Gasteiger partial charge < -0.3 is 4.90 Å². The van der Waals surface area contributed by atoms with Crippen molar-refractivity contribution in [3.05, 3.63) is 23.8 Å². The summed E-state index contributed by atoms with van der Waals surface area (Å²) in [6, 6.07) is 2.16. The lowest BCUT2D eigenvalue weighted by molar-refractivity contribution is -0.139. The van der Waals surface area contributed by atoms with Crippen molar-refractivity contribution in [3.8, 4) is 0 Å². The molecule has 1 saturated heterocycles. The number of rotatable bonds is 3. The van der Waals surface area contributed by atoms with Crippen LogP contribution < -0.4 is 0 Å². The lowest BCUT2D eigenvalue weighted by atomic mass is 9.83. The number of carbonyl (C=O) groups is 1. The summed E-state index contributed by atoms with van der Waals surface area (Å²) in [5.74, 6) is 1.39. The first-order valence-electron chi connectivity index (χ1n) is 9.03. The van der Waals surface area contributed by atoms with Gasteiger partial charge in [-0.3, -0.25) is 4.79 Å². The van der Waals surface area contributed by atoms with Crippen LogP contribution in [0.2, 0.25) is 0 Å². The van der Waals surface area contributed by atoms with Crippen molar-refractivity contribution in [1.82, 2.24) is 14.9 Å². The molecule has 1 aliphatic heterocycles. The van der Waals surface area contributed by atoms with Crippen molar-refractivity contribution in [2.45, 2.75) is 64.7 Å². The Hall–Kier alpha value is -1.45. The van der Waals surface area contributed by atoms with E-state index in [1.807, 2.05) is 0 Å². The minimum atomic E-state index is 0.0657. The van der Waals surface area contributed by atoms with Crippen LogP contribution in [0.15, 0.2) is 12.4 Å². The fraction of sp³-hybridized carbons (Fsp3) is 0.737. The summed E-state index contributed by atoms with van der Waals surface area (Å²) in [5, 5.41) is 0. The maximum absolute atomic E-state index is 12.3. The van der Waals surface area contributed by atoms with E-state index in [-0.39, 0.29) is 5.41 Å². The molecule has 0 spiro atoms. The van der Waals surface area contributed by atoms with E-state index < -0.39 is 0 Å². The predicted octanol–water partition coefficient (Wildman–Crippen LogP) is 3.36. The highest BCUT2D eigenvalue weighted by atomic mass is 16.2. The second-order valence-corrected chi connectivity index (χ2v) is 8.25. The number of aromatic nitrogens is 2. The first kappa shape index (κ1) is 16.4. The van der Waals surface area contributed by atoms with E-state index in [4.69, 9.17) is 0 Å². The molecule has 0 aromatic carbocycles. The summed E-state index contributed by atoms with van der Waals surface area (Å²) in [6.45, 7) is 8.41. The van der Waals surface area contributed by atoms with Gasteiger partial charge in [0, 0.05) is 35.8 Å². The SMILES string of the molecule is CC(C)(C)c1cc(CC2CCN(C(=O)C3CCC3)CC2)ncn1. The van der Waals surface area contributed by atoms with Gasteiger partial charge in [-0.2, -0.15) is 0 Å². The van der Waals surface area contributed by atoms with Crippen LogP contribution in [0, 0.1) is 11.8 Å². The Balaban J connectivity index is 1.53. The Morgan fingerprint density at radius 3 is 2.43 bits per heavy atom. The number of hydrogen-bond donors (Lipinski definition) is 0. The maximum atomic E-state index is 12.3. The van der Waals surface area contributed by atoms with Gasteiger partial charge >= 0.3 is 0 Å². The van der Waals surface area contributed by atoms with Gasteiger partial charge in [0.1, 0.15) is 6.33 Å². The van der Waals surface area contributed by atoms with E-state index >= 15 is 0 Å². The Morgan fingerprint density at radius 2 is 1.87 bits per heavy atom. The molecule has 1 amide bonds. The molecule has 126 valence electrons. The molecule has 4 heteroatoms. The van der Waals surface area contributed by atoms with Gasteiger partial charge in [-0.15, -0.1) is 0 Å². The number of likely N-dealkylation sites (tertiary alicyclic amines) is 1.